The molecule has 1 aliphatic rings. The van der Waals surface area contributed by atoms with E-state index in [-0.39, 0.29) is 0 Å². The van der Waals surface area contributed by atoms with Crippen molar-refractivity contribution in [2.24, 2.45) is 0 Å². The van der Waals surface area contributed by atoms with Gasteiger partial charge in [-0.15, -0.1) is 0 Å². The summed E-state index contributed by atoms with van der Waals surface area (Å²) in [5.74, 6) is 0.785. The second-order valence-electron chi connectivity index (χ2n) is 4.77. The van der Waals surface area contributed by atoms with Gasteiger partial charge in [0.15, 0.2) is 5.82 Å². The second-order valence-corrected chi connectivity index (χ2v) is 4.77. The molecule has 1 aromatic heterocycles. The summed E-state index contributed by atoms with van der Waals surface area (Å²) in [4.78, 5) is 6.48. The Hall–Kier alpha value is -0.940. The molecule has 1 atom stereocenters. The lowest BCUT2D eigenvalue weighted by Gasteiger charge is -2.32. The molecule has 17 heavy (non-hydrogen) atoms. The maximum absolute atomic E-state index is 4.69. The molecule has 0 saturated carbocycles. The molecule has 0 amide bonds. The van der Waals surface area contributed by atoms with Crippen LogP contribution in [0.5, 0.6) is 0 Å². The molecule has 1 saturated heterocycles. The summed E-state index contributed by atoms with van der Waals surface area (Å²) < 4.78 is 4.69. The minimum atomic E-state index is 0.765. The Balaban J connectivity index is 1.53. The summed E-state index contributed by atoms with van der Waals surface area (Å²) in [6.07, 6.45) is 7.56. The number of likely N-dealkylation sites (tertiary alicyclic amines) is 1. The van der Waals surface area contributed by atoms with Gasteiger partial charge in [-0.2, -0.15) is 4.98 Å². The van der Waals surface area contributed by atoms with Crippen LogP contribution in [0.1, 0.15) is 31.5 Å². The number of rotatable bonds is 6. The van der Waals surface area contributed by atoms with Gasteiger partial charge in [-0.05, 0) is 39.4 Å². The van der Waals surface area contributed by atoms with Crippen molar-refractivity contribution in [3.05, 3.63) is 12.2 Å². The van der Waals surface area contributed by atoms with Crippen LogP contribution in [0.2, 0.25) is 0 Å². The minimum absolute atomic E-state index is 0.765. The standard InChI is InChI=1S/C12H22N4O/c1-16-9-3-2-4-11(16)5-7-13-8-6-12-14-10-17-15-12/h10-11,13H,2-9H2,1H3. The molecule has 96 valence electrons. The number of nitrogens with zero attached hydrogens (tertiary/aromatic N) is 3. The Kier molecular flexibility index (Phi) is 4.94. The van der Waals surface area contributed by atoms with Crippen LogP contribution in [-0.2, 0) is 6.42 Å². The highest BCUT2D eigenvalue weighted by atomic mass is 16.5. The molecule has 2 rings (SSSR count). The monoisotopic (exact) mass is 238 g/mol. The van der Waals surface area contributed by atoms with E-state index >= 15 is 0 Å². The number of nitrogens with one attached hydrogen (secondary N) is 1. The number of aromatic nitrogens is 2. The normalized spacial score (nSPS) is 21.8. The fourth-order valence-electron chi connectivity index (χ4n) is 2.41. The van der Waals surface area contributed by atoms with E-state index in [1.165, 1.54) is 38.6 Å². The van der Waals surface area contributed by atoms with Gasteiger partial charge in [0.25, 0.3) is 0 Å². The van der Waals surface area contributed by atoms with E-state index in [4.69, 9.17) is 0 Å². The van der Waals surface area contributed by atoms with Crippen LogP contribution in [0.25, 0.3) is 0 Å². The topological polar surface area (TPSA) is 54.2 Å². The number of hydrogen-bond donors (Lipinski definition) is 1. The van der Waals surface area contributed by atoms with Gasteiger partial charge in [0.2, 0.25) is 6.39 Å². The van der Waals surface area contributed by atoms with Crippen LogP contribution < -0.4 is 5.32 Å². The zero-order valence-corrected chi connectivity index (χ0v) is 10.6. The predicted molar refractivity (Wildman–Crippen MR) is 65.8 cm³/mol. The fourth-order valence-corrected chi connectivity index (χ4v) is 2.41. The highest BCUT2D eigenvalue weighted by Crippen LogP contribution is 2.16. The van der Waals surface area contributed by atoms with Crippen molar-refractivity contribution in [3.8, 4) is 0 Å². The largest absolute Gasteiger partial charge is 0.343 e. The molecule has 1 fully saturated rings. The summed E-state index contributed by atoms with van der Waals surface area (Å²) in [5, 5.41) is 7.22. The quantitative estimate of drug-likeness (QED) is 0.751. The maximum Gasteiger partial charge on any atom is 0.213 e. The van der Waals surface area contributed by atoms with Crippen molar-refractivity contribution in [3.63, 3.8) is 0 Å². The predicted octanol–water partition coefficient (Wildman–Crippen LogP) is 1.08. The fraction of sp³-hybridized carbons (Fsp3) is 0.833. The average molecular weight is 238 g/mol. The van der Waals surface area contributed by atoms with Crippen LogP contribution in [0.4, 0.5) is 0 Å². The lowest BCUT2D eigenvalue weighted by atomic mass is 10.0. The van der Waals surface area contributed by atoms with Gasteiger partial charge in [0.05, 0.1) is 0 Å². The van der Waals surface area contributed by atoms with Gasteiger partial charge in [-0.25, -0.2) is 0 Å². The van der Waals surface area contributed by atoms with Crippen molar-refractivity contribution < 1.29 is 4.52 Å². The third-order valence-corrected chi connectivity index (χ3v) is 3.51. The third-order valence-electron chi connectivity index (χ3n) is 3.51. The molecule has 5 heteroatoms. The highest BCUT2D eigenvalue weighted by molar-refractivity contribution is 4.79. The Morgan fingerprint density at radius 2 is 2.41 bits per heavy atom. The van der Waals surface area contributed by atoms with Gasteiger partial charge in [0, 0.05) is 19.0 Å². The molecule has 0 aromatic carbocycles. The smallest absolute Gasteiger partial charge is 0.213 e. The summed E-state index contributed by atoms with van der Waals surface area (Å²) >= 11 is 0. The summed E-state index contributed by atoms with van der Waals surface area (Å²) in [6, 6.07) is 0.765. The first kappa shape index (κ1) is 12.5. The van der Waals surface area contributed by atoms with Crippen LogP contribution in [-0.4, -0.2) is 47.8 Å². The maximum atomic E-state index is 4.69. The first-order valence-electron chi connectivity index (χ1n) is 6.52. The Morgan fingerprint density at radius 3 is 3.18 bits per heavy atom. The molecule has 1 aromatic rings. The Bertz CT molecular complexity index is 301. The van der Waals surface area contributed by atoms with Gasteiger partial charge in [-0.1, -0.05) is 11.6 Å². The Morgan fingerprint density at radius 1 is 1.47 bits per heavy atom. The first-order valence-corrected chi connectivity index (χ1v) is 6.52. The van der Waals surface area contributed by atoms with E-state index in [1.807, 2.05) is 0 Å². The lowest BCUT2D eigenvalue weighted by molar-refractivity contribution is 0.175. The van der Waals surface area contributed by atoms with Crippen LogP contribution >= 0.6 is 0 Å². The van der Waals surface area contributed by atoms with Crippen LogP contribution in [0.3, 0.4) is 0 Å². The molecule has 1 unspecified atom stereocenters. The lowest BCUT2D eigenvalue weighted by Crippen LogP contribution is -2.38. The van der Waals surface area contributed by atoms with E-state index in [1.54, 1.807) is 0 Å². The van der Waals surface area contributed by atoms with Gasteiger partial charge >= 0.3 is 0 Å². The van der Waals surface area contributed by atoms with Crippen molar-refractivity contribution in [1.82, 2.24) is 20.4 Å². The van der Waals surface area contributed by atoms with E-state index in [2.05, 4.69) is 31.9 Å². The molecule has 5 nitrogen and oxygen atoms in total. The van der Waals surface area contributed by atoms with Crippen molar-refractivity contribution in [2.45, 2.75) is 38.1 Å². The molecule has 0 spiro atoms. The average Bonchev–Trinajstić information content (AvgIpc) is 2.84. The number of piperidine rings is 1. The van der Waals surface area contributed by atoms with Crippen LogP contribution in [0, 0.1) is 0 Å². The van der Waals surface area contributed by atoms with E-state index in [9.17, 15) is 0 Å². The summed E-state index contributed by atoms with van der Waals surface area (Å²) in [6.45, 7) is 3.26. The molecule has 1 aliphatic heterocycles. The zero-order chi connectivity index (χ0) is 11.9. The molecule has 0 aliphatic carbocycles. The molecular formula is C12H22N4O. The highest BCUT2D eigenvalue weighted by Gasteiger charge is 2.17. The third kappa shape index (κ3) is 4.09. The Labute approximate surface area is 103 Å². The summed E-state index contributed by atoms with van der Waals surface area (Å²) in [5.41, 5.74) is 0. The molecule has 2 heterocycles. The van der Waals surface area contributed by atoms with Crippen molar-refractivity contribution >= 4 is 0 Å². The van der Waals surface area contributed by atoms with Gasteiger partial charge in [0.1, 0.15) is 0 Å². The molecular weight excluding hydrogens is 216 g/mol. The molecule has 1 N–H and O–H groups in total. The zero-order valence-electron chi connectivity index (χ0n) is 10.6. The van der Waals surface area contributed by atoms with Gasteiger partial charge in [-0.3, -0.25) is 0 Å². The number of hydrogen-bond acceptors (Lipinski definition) is 5. The minimum Gasteiger partial charge on any atom is -0.343 e. The van der Waals surface area contributed by atoms with Crippen molar-refractivity contribution in [2.75, 3.05) is 26.7 Å². The van der Waals surface area contributed by atoms with Crippen molar-refractivity contribution in [1.29, 1.82) is 0 Å². The van der Waals surface area contributed by atoms with Crippen LogP contribution in [0.15, 0.2) is 10.9 Å². The van der Waals surface area contributed by atoms with E-state index in [0.717, 1.165) is 31.4 Å². The SMILES string of the molecule is CN1CCCCC1CCNCCc1ncon1. The van der Waals surface area contributed by atoms with Gasteiger partial charge < -0.3 is 14.7 Å². The second kappa shape index (κ2) is 6.71. The first-order chi connectivity index (χ1) is 8.36. The molecule has 0 bridgehead atoms. The van der Waals surface area contributed by atoms with E-state index < -0.39 is 0 Å². The van der Waals surface area contributed by atoms with E-state index in [0.29, 0.717) is 0 Å². The summed E-state index contributed by atoms with van der Waals surface area (Å²) in [7, 11) is 2.24. The molecule has 0 radical (unpaired) electrons.